The third kappa shape index (κ3) is 8.41. The molecule has 0 aromatic carbocycles. The summed E-state index contributed by atoms with van der Waals surface area (Å²) >= 11 is 1.05. The Hall–Kier alpha value is -1.49. The second-order valence-electron chi connectivity index (χ2n) is 7.45. The first-order valence-corrected chi connectivity index (χ1v) is 10.4. The molecular formula is C19H30F2N4O3S. The fraction of sp³-hybridized carbons (Fsp3) is 0.684. The third-order valence-corrected chi connectivity index (χ3v) is 5.29. The van der Waals surface area contributed by atoms with E-state index in [0.717, 1.165) is 31.0 Å². The Bertz CT molecular complexity index is 635. The number of aliphatic imine (C=N–C) groups is 1. The van der Waals surface area contributed by atoms with Crippen molar-refractivity contribution in [1.82, 2.24) is 10.2 Å². The minimum absolute atomic E-state index is 0.0156. The molecule has 1 aliphatic heterocycles. The zero-order valence-electron chi connectivity index (χ0n) is 16.9. The first-order valence-electron chi connectivity index (χ1n) is 9.67. The van der Waals surface area contributed by atoms with Gasteiger partial charge in [-0.1, -0.05) is 6.58 Å². The van der Waals surface area contributed by atoms with Crippen LogP contribution in [0.1, 0.15) is 26.7 Å². The van der Waals surface area contributed by atoms with Crippen molar-refractivity contribution >= 4 is 23.1 Å². The number of amides is 1. The minimum Gasteiger partial charge on any atom is -0.376 e. The number of allylic oxidation sites excluding steroid dienone is 2. The molecule has 0 unspecified atom stereocenters. The van der Waals surface area contributed by atoms with Gasteiger partial charge < -0.3 is 24.9 Å². The van der Waals surface area contributed by atoms with Crippen LogP contribution in [0.4, 0.5) is 8.78 Å². The number of rotatable bonds is 10. The van der Waals surface area contributed by atoms with E-state index in [1.807, 2.05) is 6.92 Å². The van der Waals surface area contributed by atoms with E-state index in [-0.39, 0.29) is 37.7 Å². The van der Waals surface area contributed by atoms with Crippen molar-refractivity contribution in [2.45, 2.75) is 45.0 Å². The molecule has 2 rings (SSSR count). The van der Waals surface area contributed by atoms with Gasteiger partial charge in [0, 0.05) is 19.5 Å². The smallest absolute Gasteiger partial charge is 0.217 e. The van der Waals surface area contributed by atoms with Crippen LogP contribution in [0.15, 0.2) is 29.2 Å². The van der Waals surface area contributed by atoms with Gasteiger partial charge in [-0.05, 0) is 31.8 Å². The number of carbonyl (C=O) groups excluding carboxylic acids is 1. The highest BCUT2D eigenvalue weighted by atomic mass is 32.2. The molecule has 1 atom stereocenters. The van der Waals surface area contributed by atoms with E-state index in [0.29, 0.717) is 30.0 Å². The average Bonchev–Trinajstić information content (AvgIpc) is 2.57. The molecule has 7 nitrogen and oxygen atoms in total. The van der Waals surface area contributed by atoms with E-state index in [2.05, 4.69) is 16.9 Å². The zero-order valence-corrected chi connectivity index (χ0v) is 17.7. The number of nitrogens with zero attached hydrogens (tertiary/aromatic N) is 2. The summed E-state index contributed by atoms with van der Waals surface area (Å²) in [5.41, 5.74) is 5.91. The van der Waals surface area contributed by atoms with Crippen molar-refractivity contribution < 1.29 is 22.5 Å². The molecule has 1 amide bonds. The molecule has 2 fully saturated rings. The Morgan fingerprint density at radius 1 is 1.48 bits per heavy atom. The highest BCUT2D eigenvalue weighted by Gasteiger charge is 2.32. The quantitative estimate of drug-likeness (QED) is 0.238. The standard InChI is InChI=1S/C19H30F2N4O3S/c1-12(20)4-17(7-22)24-19(25-8-16(21)9-25)29-28-11-15-5-18(6-15)27-10-13(2)23-14(3)26/h4,13,15-16,18H,1,5-11,22H2,2-3H3,(H,23,26)/b17-4+,24-19?/t13-,15?,18?/m0/s1. The van der Waals surface area contributed by atoms with Crippen LogP contribution >= 0.6 is 12.0 Å². The predicted molar refractivity (Wildman–Crippen MR) is 111 cm³/mol. The highest BCUT2D eigenvalue weighted by Crippen LogP contribution is 2.32. The molecule has 1 saturated carbocycles. The van der Waals surface area contributed by atoms with Gasteiger partial charge in [-0.15, -0.1) is 0 Å². The highest BCUT2D eigenvalue weighted by molar-refractivity contribution is 8.09. The lowest BCUT2D eigenvalue weighted by Gasteiger charge is -2.37. The number of nitrogens with one attached hydrogen (secondary N) is 1. The molecule has 1 heterocycles. The lowest BCUT2D eigenvalue weighted by atomic mass is 9.83. The maximum absolute atomic E-state index is 13.2. The Balaban J connectivity index is 1.72. The summed E-state index contributed by atoms with van der Waals surface area (Å²) in [6.07, 6.45) is 2.19. The van der Waals surface area contributed by atoms with Crippen molar-refractivity contribution in [3.05, 3.63) is 24.2 Å². The molecule has 3 N–H and O–H groups in total. The van der Waals surface area contributed by atoms with Crippen molar-refractivity contribution in [1.29, 1.82) is 0 Å². The summed E-state index contributed by atoms with van der Waals surface area (Å²) in [6, 6.07) is -0.0156. The van der Waals surface area contributed by atoms with Crippen LogP contribution in [-0.2, 0) is 13.7 Å². The number of likely N-dealkylation sites (tertiary alicyclic amines) is 1. The van der Waals surface area contributed by atoms with Crippen molar-refractivity contribution in [3.8, 4) is 0 Å². The van der Waals surface area contributed by atoms with Crippen LogP contribution in [0.3, 0.4) is 0 Å². The number of amidine groups is 1. The number of halogens is 2. The number of hydrogen-bond donors (Lipinski definition) is 2. The van der Waals surface area contributed by atoms with E-state index in [4.69, 9.17) is 14.7 Å². The van der Waals surface area contributed by atoms with Gasteiger partial charge >= 0.3 is 0 Å². The predicted octanol–water partition coefficient (Wildman–Crippen LogP) is 2.31. The zero-order chi connectivity index (χ0) is 21.4. The first-order chi connectivity index (χ1) is 13.8. The van der Waals surface area contributed by atoms with Gasteiger partial charge in [-0.3, -0.25) is 4.79 Å². The van der Waals surface area contributed by atoms with Crippen LogP contribution in [0.2, 0.25) is 0 Å². The summed E-state index contributed by atoms with van der Waals surface area (Å²) in [5, 5.41) is 3.25. The van der Waals surface area contributed by atoms with Gasteiger partial charge in [0.05, 0.1) is 50.1 Å². The van der Waals surface area contributed by atoms with Crippen molar-refractivity contribution in [2.75, 3.05) is 32.8 Å². The van der Waals surface area contributed by atoms with Crippen LogP contribution in [-0.4, -0.2) is 67.1 Å². The van der Waals surface area contributed by atoms with Crippen molar-refractivity contribution in [3.63, 3.8) is 0 Å². The molecular weight excluding hydrogens is 402 g/mol. The Kier molecular flexibility index (Phi) is 9.54. The first kappa shape index (κ1) is 23.8. The van der Waals surface area contributed by atoms with Gasteiger partial charge in [0.15, 0.2) is 5.17 Å². The Labute approximate surface area is 175 Å². The normalized spacial score (nSPS) is 24.0. The van der Waals surface area contributed by atoms with E-state index in [1.54, 1.807) is 4.90 Å². The van der Waals surface area contributed by atoms with E-state index in [1.165, 1.54) is 6.92 Å². The van der Waals surface area contributed by atoms with Gasteiger partial charge in [-0.2, -0.15) is 0 Å². The van der Waals surface area contributed by atoms with Crippen LogP contribution < -0.4 is 11.1 Å². The number of alkyl halides is 1. The lowest BCUT2D eigenvalue weighted by molar-refractivity contribution is -0.120. The third-order valence-electron chi connectivity index (χ3n) is 4.54. The maximum Gasteiger partial charge on any atom is 0.217 e. The molecule has 1 saturated heterocycles. The topological polar surface area (TPSA) is 89.2 Å². The van der Waals surface area contributed by atoms with E-state index in [9.17, 15) is 13.6 Å². The minimum atomic E-state index is -0.897. The molecule has 29 heavy (non-hydrogen) atoms. The summed E-state index contributed by atoms with van der Waals surface area (Å²) in [6.45, 7) is 8.06. The lowest BCUT2D eigenvalue weighted by Crippen LogP contribution is -2.50. The molecule has 0 aromatic heterocycles. The fourth-order valence-corrected chi connectivity index (χ4v) is 3.74. The second kappa shape index (κ2) is 11.6. The number of ether oxygens (including phenoxy) is 1. The second-order valence-corrected chi connectivity index (χ2v) is 8.21. The molecule has 0 bridgehead atoms. The Morgan fingerprint density at radius 3 is 2.72 bits per heavy atom. The number of nitrogens with two attached hydrogens (primary N) is 1. The SMILES string of the molecule is C=C(F)/C=C(\CN)N=C(SOCC1CC(OC[C@H](C)NC(C)=O)C1)N1CC(F)C1. The Morgan fingerprint density at radius 2 is 2.17 bits per heavy atom. The summed E-state index contributed by atoms with van der Waals surface area (Å²) in [5.74, 6) is -0.342. The van der Waals surface area contributed by atoms with E-state index < -0.39 is 12.0 Å². The number of carbonyl (C=O) groups is 1. The molecule has 0 spiro atoms. The fourth-order valence-electron chi connectivity index (χ4n) is 2.96. The molecule has 10 heteroatoms. The summed E-state index contributed by atoms with van der Waals surface area (Å²) in [7, 11) is 0. The summed E-state index contributed by atoms with van der Waals surface area (Å²) < 4.78 is 37.7. The molecule has 1 aliphatic carbocycles. The maximum atomic E-state index is 13.2. The summed E-state index contributed by atoms with van der Waals surface area (Å²) in [4.78, 5) is 17.0. The van der Waals surface area contributed by atoms with E-state index >= 15 is 0 Å². The van der Waals surface area contributed by atoms with Gasteiger partial charge in [0.2, 0.25) is 5.91 Å². The average molecular weight is 433 g/mol. The van der Waals surface area contributed by atoms with Gasteiger partial charge in [-0.25, -0.2) is 13.8 Å². The van der Waals surface area contributed by atoms with Gasteiger partial charge in [0.25, 0.3) is 0 Å². The van der Waals surface area contributed by atoms with Gasteiger partial charge in [0.1, 0.15) is 12.0 Å². The largest absolute Gasteiger partial charge is 0.376 e. The monoisotopic (exact) mass is 432 g/mol. The van der Waals surface area contributed by atoms with Crippen LogP contribution in [0.5, 0.6) is 0 Å². The van der Waals surface area contributed by atoms with Crippen LogP contribution in [0, 0.1) is 5.92 Å². The van der Waals surface area contributed by atoms with Crippen LogP contribution in [0.25, 0.3) is 0 Å². The molecule has 2 aliphatic rings. The number of hydrogen-bond acceptors (Lipinski definition) is 6. The van der Waals surface area contributed by atoms with Crippen molar-refractivity contribution in [2.24, 2.45) is 16.6 Å². The molecule has 0 radical (unpaired) electrons. The molecule has 164 valence electrons. The molecule has 0 aromatic rings.